The highest BCUT2D eigenvalue weighted by Gasteiger charge is 2.18. The summed E-state index contributed by atoms with van der Waals surface area (Å²) in [6.45, 7) is 2.27. The SMILES string of the molecule is CCCN(Cc1nc2cc(Cl)ccc2c(=O)[nH]1)C(=O)CNC(=O)c1ccc(Br)o1. The molecule has 0 atom stereocenters. The molecule has 3 aromatic rings. The average Bonchev–Trinajstić information content (AvgIpc) is 3.11. The number of hydrogen-bond donors (Lipinski definition) is 2. The van der Waals surface area contributed by atoms with Crippen molar-refractivity contribution >= 4 is 50.2 Å². The highest BCUT2D eigenvalue weighted by atomic mass is 79.9. The van der Waals surface area contributed by atoms with Gasteiger partial charge in [0.15, 0.2) is 10.4 Å². The number of nitrogens with zero attached hydrogens (tertiary/aromatic N) is 2. The monoisotopic (exact) mass is 480 g/mol. The lowest BCUT2D eigenvalue weighted by Gasteiger charge is -2.21. The first kappa shape index (κ1) is 21.1. The number of rotatable bonds is 7. The van der Waals surface area contributed by atoms with E-state index in [9.17, 15) is 14.4 Å². The zero-order chi connectivity index (χ0) is 21.0. The highest BCUT2D eigenvalue weighted by molar-refractivity contribution is 9.10. The van der Waals surface area contributed by atoms with E-state index in [1.54, 1.807) is 24.3 Å². The molecule has 0 radical (unpaired) electrons. The predicted octanol–water partition coefficient (Wildman–Crippen LogP) is 3.10. The molecule has 2 N–H and O–H groups in total. The first-order chi connectivity index (χ1) is 13.9. The molecule has 152 valence electrons. The number of nitrogens with one attached hydrogen (secondary N) is 2. The summed E-state index contributed by atoms with van der Waals surface area (Å²) in [5.41, 5.74) is 0.152. The van der Waals surface area contributed by atoms with Gasteiger partial charge >= 0.3 is 0 Å². The molecule has 0 unspecified atom stereocenters. The largest absolute Gasteiger partial charge is 0.444 e. The molecule has 10 heteroatoms. The number of aromatic nitrogens is 2. The number of fused-ring (bicyclic) bond motifs is 1. The van der Waals surface area contributed by atoms with Crippen LogP contribution in [-0.2, 0) is 11.3 Å². The minimum Gasteiger partial charge on any atom is -0.444 e. The number of hydrogen-bond acceptors (Lipinski definition) is 5. The van der Waals surface area contributed by atoms with E-state index in [0.29, 0.717) is 39.4 Å². The Hall–Kier alpha value is -2.65. The molecule has 2 heterocycles. The Balaban J connectivity index is 1.72. The zero-order valence-electron chi connectivity index (χ0n) is 15.5. The molecule has 0 spiro atoms. The smallest absolute Gasteiger partial charge is 0.287 e. The summed E-state index contributed by atoms with van der Waals surface area (Å²) in [6, 6.07) is 7.92. The standard InChI is InChI=1S/C19H18BrClN4O4/c1-2-7-25(17(26)9-22-19(28)14-5-6-15(20)29-14)10-16-23-13-8-11(21)3-4-12(13)18(27)24-16/h3-6,8H,2,7,9-10H2,1H3,(H,22,28)(H,23,24,27). The van der Waals surface area contributed by atoms with Crippen LogP contribution in [0.3, 0.4) is 0 Å². The van der Waals surface area contributed by atoms with E-state index in [-0.39, 0.29) is 30.3 Å². The molecule has 1 aromatic carbocycles. The van der Waals surface area contributed by atoms with Crippen LogP contribution in [0.15, 0.2) is 44.2 Å². The van der Waals surface area contributed by atoms with Gasteiger partial charge in [0, 0.05) is 11.6 Å². The summed E-state index contributed by atoms with van der Waals surface area (Å²) >= 11 is 9.11. The van der Waals surface area contributed by atoms with Crippen LogP contribution in [0.5, 0.6) is 0 Å². The van der Waals surface area contributed by atoms with Crippen LogP contribution >= 0.6 is 27.5 Å². The number of aromatic amines is 1. The van der Waals surface area contributed by atoms with Gasteiger partial charge in [-0.3, -0.25) is 14.4 Å². The van der Waals surface area contributed by atoms with E-state index in [1.807, 2.05) is 6.92 Å². The van der Waals surface area contributed by atoms with Gasteiger partial charge in [-0.2, -0.15) is 0 Å². The van der Waals surface area contributed by atoms with E-state index in [2.05, 4.69) is 31.2 Å². The Labute approximate surface area is 179 Å². The molecule has 2 amide bonds. The number of H-pyrrole nitrogens is 1. The Morgan fingerprint density at radius 2 is 2.10 bits per heavy atom. The molecule has 0 aliphatic rings. The third kappa shape index (κ3) is 5.24. The van der Waals surface area contributed by atoms with E-state index in [1.165, 1.54) is 11.0 Å². The van der Waals surface area contributed by atoms with Crippen LogP contribution in [0.2, 0.25) is 5.02 Å². The maximum atomic E-state index is 12.6. The minimum atomic E-state index is -0.493. The molecule has 0 saturated heterocycles. The van der Waals surface area contributed by atoms with E-state index >= 15 is 0 Å². The second-order valence-corrected chi connectivity index (χ2v) is 7.49. The third-order valence-corrected chi connectivity index (χ3v) is 4.76. The Bertz CT molecular complexity index is 1110. The molecular formula is C19H18BrClN4O4. The fourth-order valence-corrected chi connectivity index (χ4v) is 3.24. The quantitative estimate of drug-likeness (QED) is 0.539. The molecule has 29 heavy (non-hydrogen) atoms. The molecular weight excluding hydrogens is 464 g/mol. The molecule has 0 bridgehead atoms. The van der Waals surface area contributed by atoms with Gasteiger partial charge in [-0.25, -0.2) is 4.98 Å². The van der Waals surface area contributed by atoms with Gasteiger partial charge in [0.25, 0.3) is 11.5 Å². The third-order valence-electron chi connectivity index (χ3n) is 4.10. The average molecular weight is 482 g/mol. The van der Waals surface area contributed by atoms with Gasteiger partial charge in [-0.05, 0) is 52.7 Å². The van der Waals surface area contributed by atoms with Crippen molar-refractivity contribution in [2.75, 3.05) is 13.1 Å². The van der Waals surface area contributed by atoms with Crippen LogP contribution in [0.25, 0.3) is 10.9 Å². The zero-order valence-corrected chi connectivity index (χ0v) is 17.8. The fourth-order valence-electron chi connectivity index (χ4n) is 2.77. The molecule has 2 aromatic heterocycles. The van der Waals surface area contributed by atoms with Crippen molar-refractivity contribution in [1.82, 2.24) is 20.2 Å². The van der Waals surface area contributed by atoms with Gasteiger partial charge in [0.05, 0.1) is 24.0 Å². The van der Waals surface area contributed by atoms with Gasteiger partial charge in [0.2, 0.25) is 5.91 Å². The summed E-state index contributed by atoms with van der Waals surface area (Å²) in [5.74, 6) is -0.357. The summed E-state index contributed by atoms with van der Waals surface area (Å²) in [4.78, 5) is 45.6. The Morgan fingerprint density at radius 1 is 1.31 bits per heavy atom. The second-order valence-electron chi connectivity index (χ2n) is 6.28. The van der Waals surface area contributed by atoms with Crippen LogP contribution in [-0.4, -0.2) is 39.8 Å². The van der Waals surface area contributed by atoms with Crippen LogP contribution in [0.4, 0.5) is 0 Å². The lowest BCUT2D eigenvalue weighted by Crippen LogP contribution is -2.40. The van der Waals surface area contributed by atoms with E-state index < -0.39 is 5.91 Å². The van der Waals surface area contributed by atoms with Gasteiger partial charge in [-0.15, -0.1) is 0 Å². The van der Waals surface area contributed by atoms with Crippen molar-refractivity contribution in [2.24, 2.45) is 0 Å². The summed E-state index contributed by atoms with van der Waals surface area (Å²) in [7, 11) is 0. The lowest BCUT2D eigenvalue weighted by molar-refractivity contribution is -0.130. The van der Waals surface area contributed by atoms with Crippen molar-refractivity contribution in [1.29, 1.82) is 0 Å². The minimum absolute atomic E-state index is 0.101. The summed E-state index contributed by atoms with van der Waals surface area (Å²) < 4.78 is 5.59. The number of benzene rings is 1. The second kappa shape index (κ2) is 9.23. The molecule has 0 saturated carbocycles. The summed E-state index contributed by atoms with van der Waals surface area (Å²) in [5, 5.41) is 3.42. The first-order valence-corrected chi connectivity index (χ1v) is 10.0. The number of amides is 2. The van der Waals surface area contributed by atoms with Crippen molar-refractivity contribution in [3.63, 3.8) is 0 Å². The fraction of sp³-hybridized carbons (Fsp3) is 0.263. The maximum Gasteiger partial charge on any atom is 0.287 e. The van der Waals surface area contributed by atoms with Crippen LogP contribution in [0.1, 0.15) is 29.7 Å². The molecule has 8 nitrogen and oxygen atoms in total. The van der Waals surface area contributed by atoms with Crippen LogP contribution < -0.4 is 10.9 Å². The van der Waals surface area contributed by atoms with Crippen molar-refractivity contribution in [3.8, 4) is 0 Å². The Morgan fingerprint density at radius 3 is 2.79 bits per heavy atom. The summed E-state index contributed by atoms with van der Waals surface area (Å²) in [6.07, 6.45) is 0.703. The van der Waals surface area contributed by atoms with Gasteiger partial charge < -0.3 is 19.6 Å². The van der Waals surface area contributed by atoms with Crippen molar-refractivity contribution in [2.45, 2.75) is 19.9 Å². The predicted molar refractivity (Wildman–Crippen MR) is 112 cm³/mol. The number of carbonyl (C=O) groups is 2. The van der Waals surface area contributed by atoms with Gasteiger partial charge in [-0.1, -0.05) is 18.5 Å². The normalized spacial score (nSPS) is 10.9. The first-order valence-electron chi connectivity index (χ1n) is 8.87. The van der Waals surface area contributed by atoms with Crippen LogP contribution in [0, 0.1) is 0 Å². The Kier molecular flexibility index (Phi) is 6.71. The number of furan rings is 1. The molecule has 0 aliphatic heterocycles. The maximum absolute atomic E-state index is 12.6. The highest BCUT2D eigenvalue weighted by Crippen LogP contribution is 2.15. The van der Waals surface area contributed by atoms with E-state index in [0.717, 1.165) is 0 Å². The topological polar surface area (TPSA) is 108 Å². The number of carbonyl (C=O) groups excluding carboxylic acids is 2. The molecule has 3 rings (SSSR count). The van der Waals surface area contributed by atoms with Crippen molar-refractivity contribution < 1.29 is 14.0 Å². The van der Waals surface area contributed by atoms with Crippen molar-refractivity contribution in [3.05, 3.63) is 62.0 Å². The van der Waals surface area contributed by atoms with Gasteiger partial charge in [0.1, 0.15) is 5.82 Å². The molecule has 0 aliphatic carbocycles. The lowest BCUT2D eigenvalue weighted by atomic mass is 10.2. The van der Waals surface area contributed by atoms with E-state index in [4.69, 9.17) is 16.0 Å². The molecule has 0 fully saturated rings. The number of halogens is 2.